The number of hydrogen-bond donors (Lipinski definition) is 1. The van der Waals surface area contributed by atoms with Gasteiger partial charge < -0.3 is 10.1 Å². The Morgan fingerprint density at radius 1 is 1.14 bits per heavy atom. The number of nitrogens with one attached hydrogen (secondary N) is 1. The second kappa shape index (κ2) is 8.69. The zero-order valence-electron chi connectivity index (χ0n) is 15.2. The van der Waals surface area contributed by atoms with Crippen LogP contribution in [0.15, 0.2) is 41.3 Å². The van der Waals surface area contributed by atoms with Crippen LogP contribution in [0.25, 0.3) is 0 Å². The Kier molecular flexibility index (Phi) is 6.50. The molecule has 28 heavy (non-hydrogen) atoms. The summed E-state index contributed by atoms with van der Waals surface area (Å²) in [5.41, 5.74) is 1.43. The van der Waals surface area contributed by atoms with Crippen molar-refractivity contribution in [1.82, 2.24) is 4.31 Å². The highest BCUT2D eigenvalue weighted by atomic mass is 35.5. The topological polar surface area (TPSA) is 75.7 Å². The second-order valence-corrected chi connectivity index (χ2v) is 9.25. The summed E-state index contributed by atoms with van der Waals surface area (Å²) >= 11 is 12.0. The van der Waals surface area contributed by atoms with E-state index in [0.717, 1.165) is 18.4 Å². The molecule has 1 fully saturated rings. The van der Waals surface area contributed by atoms with Crippen LogP contribution in [0, 0.1) is 6.92 Å². The van der Waals surface area contributed by atoms with Gasteiger partial charge in [0.15, 0.2) is 6.61 Å². The first-order valence-electron chi connectivity index (χ1n) is 8.76. The fourth-order valence-corrected chi connectivity index (χ4v) is 4.97. The highest BCUT2D eigenvalue weighted by molar-refractivity contribution is 7.89. The van der Waals surface area contributed by atoms with Crippen LogP contribution in [0.1, 0.15) is 18.4 Å². The van der Waals surface area contributed by atoms with E-state index in [-0.39, 0.29) is 22.3 Å². The molecule has 2 aromatic carbocycles. The molecule has 1 heterocycles. The highest BCUT2D eigenvalue weighted by Gasteiger charge is 2.30. The maximum atomic E-state index is 12.9. The van der Waals surface area contributed by atoms with Gasteiger partial charge in [0, 0.05) is 28.8 Å². The molecule has 6 nitrogen and oxygen atoms in total. The Morgan fingerprint density at radius 2 is 1.86 bits per heavy atom. The molecule has 1 aliphatic rings. The quantitative estimate of drug-likeness (QED) is 0.730. The molecule has 1 saturated heterocycles. The Bertz CT molecular complexity index is 989. The van der Waals surface area contributed by atoms with Crippen molar-refractivity contribution in [3.8, 4) is 5.75 Å². The minimum atomic E-state index is -3.73. The molecule has 0 aromatic heterocycles. The van der Waals surface area contributed by atoms with Crippen LogP contribution in [-0.4, -0.2) is 38.3 Å². The van der Waals surface area contributed by atoms with E-state index >= 15 is 0 Å². The molecular weight excluding hydrogens is 423 g/mol. The number of carbonyl (C=O) groups is 1. The van der Waals surface area contributed by atoms with Gasteiger partial charge in [-0.05, 0) is 55.7 Å². The van der Waals surface area contributed by atoms with E-state index in [1.54, 1.807) is 18.2 Å². The molecule has 1 aliphatic heterocycles. The molecule has 0 unspecified atom stereocenters. The summed E-state index contributed by atoms with van der Waals surface area (Å²) in [7, 11) is -3.73. The van der Waals surface area contributed by atoms with Crippen molar-refractivity contribution < 1.29 is 17.9 Å². The molecule has 0 aliphatic carbocycles. The van der Waals surface area contributed by atoms with Gasteiger partial charge in [-0.15, -0.1) is 0 Å². The first kappa shape index (κ1) is 20.9. The number of amides is 1. The number of sulfonamides is 1. The lowest BCUT2D eigenvalue weighted by Crippen LogP contribution is -2.28. The second-order valence-electron chi connectivity index (χ2n) is 6.50. The molecule has 0 atom stereocenters. The molecule has 0 saturated carbocycles. The van der Waals surface area contributed by atoms with E-state index in [4.69, 9.17) is 27.9 Å². The van der Waals surface area contributed by atoms with E-state index in [0.29, 0.717) is 23.8 Å². The molecule has 0 bridgehead atoms. The number of anilines is 1. The van der Waals surface area contributed by atoms with Gasteiger partial charge in [0.25, 0.3) is 5.91 Å². The van der Waals surface area contributed by atoms with Crippen molar-refractivity contribution in [2.45, 2.75) is 24.7 Å². The molecule has 9 heteroatoms. The largest absolute Gasteiger partial charge is 0.482 e. The van der Waals surface area contributed by atoms with Gasteiger partial charge in [-0.25, -0.2) is 8.42 Å². The van der Waals surface area contributed by atoms with Crippen LogP contribution in [-0.2, 0) is 14.8 Å². The summed E-state index contributed by atoms with van der Waals surface area (Å²) < 4.78 is 32.7. The van der Waals surface area contributed by atoms with E-state index in [9.17, 15) is 13.2 Å². The highest BCUT2D eigenvalue weighted by Crippen LogP contribution is 2.31. The molecule has 3 rings (SSSR count). The summed E-state index contributed by atoms with van der Waals surface area (Å²) in [4.78, 5) is 12.2. The Morgan fingerprint density at radius 3 is 2.54 bits per heavy atom. The number of nitrogens with zero attached hydrogens (tertiary/aromatic N) is 1. The van der Waals surface area contributed by atoms with Gasteiger partial charge in [-0.2, -0.15) is 4.31 Å². The average Bonchev–Trinajstić information content (AvgIpc) is 3.19. The van der Waals surface area contributed by atoms with Gasteiger partial charge in [-0.1, -0.05) is 29.3 Å². The third-order valence-electron chi connectivity index (χ3n) is 4.40. The molecular formula is C19H20Cl2N2O4S. The van der Waals surface area contributed by atoms with Crippen molar-refractivity contribution in [2.24, 2.45) is 0 Å². The van der Waals surface area contributed by atoms with Gasteiger partial charge in [0.1, 0.15) is 10.6 Å². The van der Waals surface area contributed by atoms with Crippen LogP contribution in [0.3, 0.4) is 0 Å². The fraction of sp³-hybridized carbons (Fsp3) is 0.316. The van der Waals surface area contributed by atoms with Crippen molar-refractivity contribution >= 4 is 44.8 Å². The molecule has 1 N–H and O–H groups in total. The van der Waals surface area contributed by atoms with Crippen LogP contribution >= 0.6 is 23.2 Å². The minimum absolute atomic E-state index is 0.0342. The van der Waals surface area contributed by atoms with E-state index in [1.807, 2.05) is 6.92 Å². The number of hydrogen-bond acceptors (Lipinski definition) is 4. The maximum absolute atomic E-state index is 12.9. The van der Waals surface area contributed by atoms with Gasteiger partial charge in [0.05, 0.1) is 0 Å². The smallest absolute Gasteiger partial charge is 0.262 e. The lowest BCUT2D eigenvalue weighted by atomic mass is 10.2. The van der Waals surface area contributed by atoms with Gasteiger partial charge in [-0.3, -0.25) is 4.79 Å². The predicted octanol–water partition coefficient (Wildman–Crippen LogP) is 4.10. The lowest BCUT2D eigenvalue weighted by molar-refractivity contribution is -0.118. The number of benzene rings is 2. The van der Waals surface area contributed by atoms with E-state index in [1.165, 1.54) is 22.5 Å². The van der Waals surface area contributed by atoms with Gasteiger partial charge in [0.2, 0.25) is 10.0 Å². The Hall–Kier alpha value is -1.80. The molecule has 2 aromatic rings. The standard InChI is InChI=1S/C19H20Cl2N2O4S/c1-13-4-6-15(11-16(13)21)22-19(24)12-27-17-7-5-14(20)10-18(17)28(25,26)23-8-2-3-9-23/h4-7,10-11H,2-3,8-9,12H2,1H3,(H,22,24). The van der Waals surface area contributed by atoms with Crippen LogP contribution in [0.4, 0.5) is 5.69 Å². The van der Waals surface area contributed by atoms with Crippen molar-refractivity contribution in [2.75, 3.05) is 25.0 Å². The van der Waals surface area contributed by atoms with Crippen LogP contribution in [0.5, 0.6) is 5.75 Å². The zero-order chi connectivity index (χ0) is 20.3. The summed E-state index contributed by atoms with van der Waals surface area (Å²) in [6, 6.07) is 9.49. The third kappa shape index (κ3) is 4.78. The third-order valence-corrected chi connectivity index (χ3v) is 6.97. The molecule has 150 valence electrons. The van der Waals surface area contributed by atoms with E-state index < -0.39 is 15.9 Å². The molecule has 1 amide bonds. The van der Waals surface area contributed by atoms with Crippen molar-refractivity contribution in [1.29, 1.82) is 0 Å². The maximum Gasteiger partial charge on any atom is 0.262 e. The van der Waals surface area contributed by atoms with E-state index in [2.05, 4.69) is 5.32 Å². The number of rotatable bonds is 6. The number of ether oxygens (including phenoxy) is 1. The van der Waals surface area contributed by atoms with Gasteiger partial charge >= 0.3 is 0 Å². The Labute approximate surface area is 174 Å². The monoisotopic (exact) mass is 442 g/mol. The van der Waals surface area contributed by atoms with Crippen LogP contribution in [0.2, 0.25) is 10.0 Å². The Balaban J connectivity index is 1.73. The van der Waals surface area contributed by atoms with Crippen molar-refractivity contribution in [3.05, 3.63) is 52.0 Å². The first-order valence-corrected chi connectivity index (χ1v) is 11.0. The minimum Gasteiger partial charge on any atom is -0.482 e. The first-order chi connectivity index (χ1) is 13.3. The number of carbonyl (C=O) groups excluding carboxylic acids is 1. The summed E-state index contributed by atoms with van der Waals surface area (Å²) in [6.07, 6.45) is 1.63. The van der Waals surface area contributed by atoms with Crippen molar-refractivity contribution in [3.63, 3.8) is 0 Å². The fourth-order valence-electron chi connectivity index (χ4n) is 2.88. The summed E-state index contributed by atoms with van der Waals surface area (Å²) in [5, 5.41) is 3.49. The SMILES string of the molecule is Cc1ccc(NC(=O)COc2ccc(Cl)cc2S(=O)(=O)N2CCCC2)cc1Cl. The number of halogens is 2. The zero-order valence-corrected chi connectivity index (χ0v) is 17.6. The summed E-state index contributed by atoms with van der Waals surface area (Å²) in [5.74, 6) is -0.340. The van der Waals surface area contributed by atoms with Crippen LogP contribution < -0.4 is 10.1 Å². The molecule has 0 spiro atoms. The average molecular weight is 443 g/mol. The summed E-state index contributed by atoms with van der Waals surface area (Å²) in [6.45, 7) is 2.43. The molecule has 0 radical (unpaired) electrons. The normalized spacial score (nSPS) is 14.8. The predicted molar refractivity (Wildman–Crippen MR) is 110 cm³/mol. The number of aryl methyl sites for hydroxylation is 1. The lowest BCUT2D eigenvalue weighted by Gasteiger charge is -2.18.